The van der Waals surface area contributed by atoms with Crippen LogP contribution >= 0.6 is 7.82 Å². The molecule has 57 heavy (non-hydrogen) atoms. The molecular formula is C47H75NO8P+. The maximum Gasteiger partial charge on any atom is 0.472 e. The Morgan fingerprint density at radius 3 is 1.70 bits per heavy atom. The molecular weight excluding hydrogens is 737 g/mol. The van der Waals surface area contributed by atoms with E-state index in [1.807, 2.05) is 21.1 Å². The molecule has 0 heterocycles. The van der Waals surface area contributed by atoms with Crippen LogP contribution in [0.3, 0.4) is 0 Å². The fourth-order valence-corrected chi connectivity index (χ4v) is 7.74. The third-order valence-corrected chi connectivity index (χ3v) is 11.5. The van der Waals surface area contributed by atoms with Gasteiger partial charge in [-0.3, -0.25) is 18.6 Å². The molecule has 0 spiro atoms. The van der Waals surface area contributed by atoms with Crippen LogP contribution in [0.15, 0.2) is 54.6 Å². The number of aryl methyl sites for hydroxylation is 1. The Morgan fingerprint density at radius 2 is 1.12 bits per heavy atom. The number of carbonyl (C=O) groups is 2. The second-order valence-corrected chi connectivity index (χ2v) is 18.4. The highest BCUT2D eigenvalue weighted by molar-refractivity contribution is 7.47. The average molecular weight is 813 g/mol. The molecule has 2 atom stereocenters. The number of rotatable bonds is 33. The number of ether oxygens (including phenoxy) is 2. The SMILES string of the molecule is CCCCCCCCCCCCCCCC(=O)OC[C@@H](COP(=O)(O)OCC[N+](C)(C)C)OC(=O)CCCCCCCCc1ccc2cc3ccccc3cc2c1. The number of carbonyl (C=O) groups excluding carboxylic acids is 2. The number of quaternary nitrogens is 1. The number of phosphoric ester groups is 1. The molecule has 0 aliphatic carbocycles. The summed E-state index contributed by atoms with van der Waals surface area (Å²) in [5.74, 6) is -0.821. The van der Waals surface area contributed by atoms with Crippen molar-refractivity contribution in [2.45, 2.75) is 154 Å². The number of benzene rings is 3. The summed E-state index contributed by atoms with van der Waals surface area (Å²) in [6, 6.07) is 19.8. The quantitative estimate of drug-likeness (QED) is 0.0213. The minimum atomic E-state index is -4.39. The fraction of sp³-hybridized carbons (Fsp3) is 0.660. The van der Waals surface area contributed by atoms with Crippen molar-refractivity contribution in [3.05, 3.63) is 60.2 Å². The van der Waals surface area contributed by atoms with Crippen molar-refractivity contribution < 1.29 is 42.1 Å². The highest BCUT2D eigenvalue weighted by Crippen LogP contribution is 2.43. The summed E-state index contributed by atoms with van der Waals surface area (Å²) in [6.45, 7) is 2.13. The van der Waals surface area contributed by atoms with E-state index < -0.39 is 26.5 Å². The molecule has 3 rings (SSSR count). The molecule has 10 heteroatoms. The number of hydrogen-bond acceptors (Lipinski definition) is 7. The van der Waals surface area contributed by atoms with Crippen LogP contribution in [0.2, 0.25) is 0 Å². The van der Waals surface area contributed by atoms with Crippen molar-refractivity contribution in [3.8, 4) is 0 Å². The molecule has 0 fully saturated rings. The minimum absolute atomic E-state index is 0.0247. The van der Waals surface area contributed by atoms with E-state index in [0.717, 1.165) is 57.8 Å². The predicted octanol–water partition coefficient (Wildman–Crippen LogP) is 12.0. The van der Waals surface area contributed by atoms with Gasteiger partial charge >= 0.3 is 19.8 Å². The lowest BCUT2D eigenvalue weighted by atomic mass is 9.99. The minimum Gasteiger partial charge on any atom is -0.462 e. The van der Waals surface area contributed by atoms with Crippen LogP contribution in [0.5, 0.6) is 0 Å². The number of fused-ring (bicyclic) bond motifs is 2. The van der Waals surface area contributed by atoms with Gasteiger partial charge in [0.05, 0.1) is 27.7 Å². The summed E-state index contributed by atoms with van der Waals surface area (Å²) < 4.78 is 34.4. The molecule has 0 saturated heterocycles. The lowest BCUT2D eigenvalue weighted by Crippen LogP contribution is -2.37. The molecule has 0 radical (unpaired) electrons. The first-order chi connectivity index (χ1) is 27.4. The number of esters is 2. The van der Waals surface area contributed by atoms with E-state index in [1.165, 1.54) is 91.3 Å². The zero-order valence-corrected chi connectivity index (χ0v) is 36.8. The van der Waals surface area contributed by atoms with Gasteiger partial charge in [-0.05, 0) is 64.9 Å². The largest absolute Gasteiger partial charge is 0.472 e. The molecule has 0 aliphatic heterocycles. The molecule has 1 unspecified atom stereocenters. The lowest BCUT2D eigenvalue weighted by Gasteiger charge is -2.24. The molecule has 0 bridgehead atoms. The first-order valence-corrected chi connectivity index (χ1v) is 23.6. The fourth-order valence-electron chi connectivity index (χ4n) is 7.00. The van der Waals surface area contributed by atoms with E-state index in [2.05, 4.69) is 61.5 Å². The van der Waals surface area contributed by atoms with Crippen LogP contribution in [-0.4, -0.2) is 74.9 Å². The Bertz CT molecular complexity index is 1620. The number of unbranched alkanes of at least 4 members (excludes halogenated alkanes) is 17. The number of nitrogens with zero attached hydrogens (tertiary/aromatic N) is 1. The Hall–Kier alpha value is -2.81. The molecule has 320 valence electrons. The van der Waals surface area contributed by atoms with Crippen molar-refractivity contribution in [1.82, 2.24) is 0 Å². The Labute approximate surface area is 344 Å². The molecule has 1 N–H and O–H groups in total. The Morgan fingerprint density at radius 1 is 0.614 bits per heavy atom. The summed E-state index contributed by atoms with van der Waals surface area (Å²) >= 11 is 0. The second kappa shape index (κ2) is 27.8. The summed E-state index contributed by atoms with van der Waals surface area (Å²) in [5, 5.41) is 5.08. The maximum absolute atomic E-state index is 12.8. The van der Waals surface area contributed by atoms with Crippen LogP contribution in [0.1, 0.15) is 147 Å². The zero-order chi connectivity index (χ0) is 41.2. The first kappa shape index (κ1) is 48.6. The van der Waals surface area contributed by atoms with Gasteiger partial charge in [-0.1, -0.05) is 152 Å². The van der Waals surface area contributed by atoms with Crippen molar-refractivity contribution in [2.24, 2.45) is 0 Å². The average Bonchev–Trinajstić information content (AvgIpc) is 3.17. The van der Waals surface area contributed by atoms with Gasteiger partial charge in [0.15, 0.2) is 6.10 Å². The monoisotopic (exact) mass is 813 g/mol. The summed E-state index contributed by atoms with van der Waals surface area (Å²) in [6.07, 6.45) is 22.4. The first-order valence-electron chi connectivity index (χ1n) is 22.1. The topological polar surface area (TPSA) is 108 Å². The van der Waals surface area contributed by atoms with Gasteiger partial charge in [0.2, 0.25) is 0 Å². The number of phosphoric acid groups is 1. The molecule has 3 aromatic carbocycles. The number of likely N-dealkylation sites (N-methyl/N-ethyl adjacent to an activating group) is 1. The molecule has 0 saturated carbocycles. The molecule has 3 aromatic rings. The van der Waals surface area contributed by atoms with E-state index in [0.29, 0.717) is 17.4 Å². The van der Waals surface area contributed by atoms with Crippen molar-refractivity contribution in [2.75, 3.05) is 47.5 Å². The predicted molar refractivity (Wildman–Crippen MR) is 233 cm³/mol. The van der Waals surface area contributed by atoms with Gasteiger partial charge in [-0.2, -0.15) is 0 Å². The highest BCUT2D eigenvalue weighted by atomic mass is 31.2. The normalized spacial score (nSPS) is 13.5. The van der Waals surface area contributed by atoms with E-state index >= 15 is 0 Å². The highest BCUT2D eigenvalue weighted by Gasteiger charge is 2.27. The Balaban J connectivity index is 1.30. The van der Waals surface area contributed by atoms with Gasteiger partial charge in [0, 0.05) is 12.8 Å². The molecule has 9 nitrogen and oxygen atoms in total. The van der Waals surface area contributed by atoms with Gasteiger partial charge in [-0.15, -0.1) is 0 Å². The smallest absolute Gasteiger partial charge is 0.462 e. The third kappa shape index (κ3) is 22.8. The van der Waals surface area contributed by atoms with Gasteiger partial charge in [-0.25, -0.2) is 4.57 Å². The summed E-state index contributed by atoms with van der Waals surface area (Å²) in [7, 11) is 1.45. The molecule has 0 aromatic heterocycles. The van der Waals surface area contributed by atoms with Gasteiger partial charge in [0.1, 0.15) is 19.8 Å². The summed E-state index contributed by atoms with van der Waals surface area (Å²) in [5.41, 5.74) is 1.36. The Kier molecular flexibility index (Phi) is 23.7. The van der Waals surface area contributed by atoms with Crippen LogP contribution in [0.4, 0.5) is 0 Å². The van der Waals surface area contributed by atoms with Crippen molar-refractivity contribution in [3.63, 3.8) is 0 Å². The van der Waals surface area contributed by atoms with Crippen LogP contribution in [-0.2, 0) is 39.1 Å². The van der Waals surface area contributed by atoms with E-state index in [-0.39, 0.29) is 32.0 Å². The molecule has 0 amide bonds. The van der Waals surface area contributed by atoms with Crippen LogP contribution < -0.4 is 0 Å². The van der Waals surface area contributed by atoms with Gasteiger partial charge < -0.3 is 18.9 Å². The lowest BCUT2D eigenvalue weighted by molar-refractivity contribution is -0.870. The van der Waals surface area contributed by atoms with E-state index in [4.69, 9.17) is 18.5 Å². The summed E-state index contributed by atoms with van der Waals surface area (Å²) in [4.78, 5) is 35.5. The molecule has 0 aliphatic rings. The van der Waals surface area contributed by atoms with Crippen LogP contribution in [0.25, 0.3) is 21.5 Å². The third-order valence-electron chi connectivity index (χ3n) is 10.5. The maximum atomic E-state index is 12.8. The van der Waals surface area contributed by atoms with Crippen molar-refractivity contribution in [1.29, 1.82) is 0 Å². The van der Waals surface area contributed by atoms with Gasteiger partial charge in [0.25, 0.3) is 0 Å². The number of hydrogen-bond donors (Lipinski definition) is 1. The standard InChI is InChI=1S/C47H74NO8P/c1-5-6-7-8-9-10-11-12-13-14-15-19-22-29-46(49)53-38-45(39-55-57(51,52)54-34-33-48(2,3)4)56-47(50)30-23-20-17-16-18-21-26-40-31-32-43-36-41-27-24-25-28-42(41)37-44(43)35-40/h24-25,27-28,31-32,35-37,45H,5-23,26,29-30,33-34,38-39H2,1-4H3/p+1/t45-/m0/s1. The van der Waals surface area contributed by atoms with E-state index in [9.17, 15) is 19.0 Å². The van der Waals surface area contributed by atoms with E-state index in [1.54, 1.807) is 0 Å². The van der Waals surface area contributed by atoms with Crippen LogP contribution in [0, 0.1) is 0 Å². The second-order valence-electron chi connectivity index (χ2n) is 16.9. The van der Waals surface area contributed by atoms with Crippen molar-refractivity contribution >= 4 is 41.3 Å². The zero-order valence-electron chi connectivity index (χ0n) is 35.9.